The fourth-order valence-corrected chi connectivity index (χ4v) is 4.87. The summed E-state index contributed by atoms with van der Waals surface area (Å²) in [7, 11) is 0. The molecule has 0 aliphatic carbocycles. The number of esters is 1. The van der Waals surface area contributed by atoms with E-state index in [-0.39, 0.29) is 5.69 Å². The summed E-state index contributed by atoms with van der Waals surface area (Å²) >= 11 is 6.73. The molecule has 0 unspecified atom stereocenters. The molecule has 2 aliphatic heterocycles. The van der Waals surface area contributed by atoms with Crippen LogP contribution in [-0.2, 0) is 10.3 Å². The zero-order chi connectivity index (χ0) is 21.9. The summed E-state index contributed by atoms with van der Waals surface area (Å²) in [5, 5.41) is 3.79. The van der Waals surface area contributed by atoms with E-state index in [1.54, 1.807) is 6.07 Å². The van der Waals surface area contributed by atoms with E-state index >= 15 is 0 Å². The highest BCUT2D eigenvalue weighted by molar-refractivity contribution is 6.34. The smallest absolute Gasteiger partial charge is 0.342 e. The zero-order valence-corrected chi connectivity index (χ0v) is 17.5. The van der Waals surface area contributed by atoms with Crippen molar-refractivity contribution < 1.29 is 14.3 Å². The van der Waals surface area contributed by atoms with Crippen molar-refractivity contribution in [3.8, 4) is 11.5 Å². The lowest BCUT2D eigenvalue weighted by Gasteiger charge is -2.37. The predicted octanol–water partition coefficient (Wildman–Crippen LogP) is 6.23. The minimum Gasteiger partial charge on any atom is -0.456 e. The van der Waals surface area contributed by atoms with E-state index in [4.69, 9.17) is 26.8 Å². The van der Waals surface area contributed by atoms with Gasteiger partial charge < -0.3 is 20.5 Å². The van der Waals surface area contributed by atoms with Gasteiger partial charge in [-0.3, -0.25) is 0 Å². The molecular formula is C26H17ClN2O3. The van der Waals surface area contributed by atoms with Gasteiger partial charge in [0.05, 0.1) is 16.3 Å². The maximum absolute atomic E-state index is 13.3. The number of halogens is 1. The third kappa shape index (κ3) is 2.49. The third-order valence-corrected chi connectivity index (χ3v) is 6.21. The summed E-state index contributed by atoms with van der Waals surface area (Å²) in [6, 6.07) is 26.3. The van der Waals surface area contributed by atoms with E-state index in [1.165, 1.54) is 0 Å². The normalized spacial score (nSPS) is 14.7. The molecule has 1 spiro atoms. The number of nitrogens with two attached hydrogens (primary N) is 1. The van der Waals surface area contributed by atoms with Crippen molar-refractivity contribution in [1.29, 1.82) is 0 Å². The van der Waals surface area contributed by atoms with E-state index in [0.717, 1.165) is 5.69 Å². The molecule has 0 fully saturated rings. The number of ether oxygens (including phenoxy) is 2. The van der Waals surface area contributed by atoms with Crippen molar-refractivity contribution in [1.82, 2.24) is 0 Å². The lowest BCUT2D eigenvalue weighted by Crippen LogP contribution is -2.33. The molecule has 0 amide bonds. The number of rotatable bonds is 2. The van der Waals surface area contributed by atoms with Gasteiger partial charge in [-0.2, -0.15) is 0 Å². The van der Waals surface area contributed by atoms with Gasteiger partial charge in [-0.25, -0.2) is 4.79 Å². The maximum atomic E-state index is 13.3. The predicted molar refractivity (Wildman–Crippen MR) is 124 cm³/mol. The maximum Gasteiger partial charge on any atom is 0.342 e. The van der Waals surface area contributed by atoms with E-state index in [1.807, 2.05) is 78.9 Å². The number of para-hydroxylation sites is 3. The molecule has 0 radical (unpaired) electrons. The van der Waals surface area contributed by atoms with Gasteiger partial charge in [-0.1, -0.05) is 66.2 Å². The van der Waals surface area contributed by atoms with E-state index in [0.29, 0.717) is 44.5 Å². The Balaban J connectivity index is 1.73. The second-order valence-corrected chi connectivity index (χ2v) is 8.14. The number of fused-ring (bicyclic) bond motifs is 6. The Labute approximate surface area is 189 Å². The van der Waals surface area contributed by atoms with Crippen LogP contribution in [0.2, 0.25) is 5.02 Å². The molecule has 0 bridgehead atoms. The fraction of sp³-hybridized carbons (Fsp3) is 0.0385. The SMILES string of the molecule is Nc1cc(Cl)c(Nc2ccccc2)c2c1C(=O)OC21c2ccccc2Oc2ccccc21. The first-order valence-electron chi connectivity index (χ1n) is 10.1. The second-order valence-electron chi connectivity index (χ2n) is 7.73. The Bertz CT molecular complexity index is 1360. The summed E-state index contributed by atoms with van der Waals surface area (Å²) in [5.41, 5.74) is 9.03. The molecule has 2 aliphatic rings. The first-order valence-corrected chi connectivity index (χ1v) is 10.5. The van der Waals surface area contributed by atoms with Crippen molar-refractivity contribution in [2.75, 3.05) is 11.1 Å². The first-order chi connectivity index (χ1) is 15.6. The summed E-state index contributed by atoms with van der Waals surface area (Å²) in [6.45, 7) is 0. The van der Waals surface area contributed by atoms with E-state index in [9.17, 15) is 4.79 Å². The topological polar surface area (TPSA) is 73.6 Å². The molecule has 156 valence electrons. The van der Waals surface area contributed by atoms with Gasteiger partial charge in [0, 0.05) is 28.1 Å². The van der Waals surface area contributed by atoms with Crippen LogP contribution in [0.4, 0.5) is 17.1 Å². The van der Waals surface area contributed by atoms with Crippen LogP contribution in [0.25, 0.3) is 0 Å². The highest BCUT2D eigenvalue weighted by atomic mass is 35.5. The Morgan fingerprint density at radius 2 is 1.44 bits per heavy atom. The monoisotopic (exact) mass is 440 g/mol. The molecule has 0 aromatic heterocycles. The number of nitrogen functional groups attached to an aromatic ring is 1. The van der Waals surface area contributed by atoms with Gasteiger partial charge >= 0.3 is 5.97 Å². The van der Waals surface area contributed by atoms with Crippen LogP contribution in [0.15, 0.2) is 84.9 Å². The zero-order valence-electron chi connectivity index (χ0n) is 16.8. The molecule has 3 N–H and O–H groups in total. The summed E-state index contributed by atoms with van der Waals surface area (Å²) in [6.07, 6.45) is 0. The standard InChI is InChI=1S/C26H17ClN2O3/c27-18-14-19(28)22-23(24(18)29-15-8-2-1-3-9-15)26(32-25(22)30)16-10-4-6-12-20(16)31-21-13-7-5-11-17(21)26/h1-14,29H,28H2. The van der Waals surface area contributed by atoms with Crippen LogP contribution in [0.5, 0.6) is 11.5 Å². The Hall–Kier alpha value is -3.96. The average molecular weight is 441 g/mol. The van der Waals surface area contributed by atoms with Crippen molar-refractivity contribution in [2.24, 2.45) is 0 Å². The van der Waals surface area contributed by atoms with Gasteiger partial charge in [0.2, 0.25) is 0 Å². The number of nitrogens with one attached hydrogen (secondary N) is 1. The largest absolute Gasteiger partial charge is 0.456 e. The average Bonchev–Trinajstić information content (AvgIpc) is 3.11. The van der Waals surface area contributed by atoms with Crippen molar-refractivity contribution in [2.45, 2.75) is 5.60 Å². The minimum atomic E-state index is -1.26. The van der Waals surface area contributed by atoms with Crippen molar-refractivity contribution in [3.63, 3.8) is 0 Å². The number of hydrogen-bond donors (Lipinski definition) is 2. The van der Waals surface area contributed by atoms with Crippen LogP contribution in [0.1, 0.15) is 27.0 Å². The molecule has 5 nitrogen and oxygen atoms in total. The molecule has 4 aromatic rings. The molecule has 6 rings (SSSR count). The van der Waals surface area contributed by atoms with Gasteiger partial charge in [0.15, 0.2) is 5.60 Å². The lowest BCUT2D eigenvalue weighted by molar-refractivity contribution is 0.0226. The third-order valence-electron chi connectivity index (χ3n) is 5.91. The van der Waals surface area contributed by atoms with Crippen molar-refractivity contribution >= 4 is 34.6 Å². The molecule has 0 atom stereocenters. The van der Waals surface area contributed by atoms with Crippen LogP contribution in [0, 0.1) is 0 Å². The Morgan fingerprint density at radius 1 is 0.844 bits per heavy atom. The fourth-order valence-electron chi connectivity index (χ4n) is 4.61. The minimum absolute atomic E-state index is 0.270. The van der Waals surface area contributed by atoms with Gasteiger partial charge in [0.1, 0.15) is 11.5 Å². The molecular weight excluding hydrogens is 424 g/mol. The molecule has 4 aromatic carbocycles. The van der Waals surface area contributed by atoms with Crippen molar-refractivity contribution in [3.05, 3.63) is 112 Å². The van der Waals surface area contributed by atoms with Crippen LogP contribution in [-0.4, -0.2) is 5.97 Å². The van der Waals surface area contributed by atoms with E-state index in [2.05, 4.69) is 5.32 Å². The second kappa shape index (κ2) is 6.77. The summed E-state index contributed by atoms with van der Waals surface area (Å²) < 4.78 is 12.4. The lowest BCUT2D eigenvalue weighted by atomic mass is 9.76. The van der Waals surface area contributed by atoms with Crippen LogP contribution < -0.4 is 15.8 Å². The molecule has 6 heteroatoms. The van der Waals surface area contributed by atoms with Crippen LogP contribution in [0.3, 0.4) is 0 Å². The molecule has 0 saturated carbocycles. The van der Waals surface area contributed by atoms with Gasteiger partial charge in [0.25, 0.3) is 0 Å². The number of anilines is 3. The summed E-state index contributed by atoms with van der Waals surface area (Å²) in [5.74, 6) is 0.712. The van der Waals surface area contributed by atoms with Gasteiger partial charge in [-0.15, -0.1) is 0 Å². The molecule has 2 heterocycles. The Kier molecular flexibility index (Phi) is 3.97. The van der Waals surface area contributed by atoms with Crippen LogP contribution >= 0.6 is 11.6 Å². The highest BCUT2D eigenvalue weighted by Gasteiger charge is 2.56. The Morgan fingerprint density at radius 3 is 2.09 bits per heavy atom. The number of carbonyl (C=O) groups is 1. The van der Waals surface area contributed by atoms with Gasteiger partial charge in [-0.05, 0) is 30.3 Å². The quantitative estimate of drug-likeness (QED) is 0.285. The first kappa shape index (κ1) is 18.8. The molecule has 32 heavy (non-hydrogen) atoms. The number of hydrogen-bond acceptors (Lipinski definition) is 5. The number of carbonyl (C=O) groups excluding carboxylic acids is 1. The number of benzene rings is 4. The van der Waals surface area contributed by atoms with E-state index < -0.39 is 11.6 Å². The summed E-state index contributed by atoms with van der Waals surface area (Å²) in [4.78, 5) is 13.3. The molecule has 0 saturated heterocycles. The highest BCUT2D eigenvalue weighted by Crippen LogP contribution is 2.59.